The fourth-order valence-corrected chi connectivity index (χ4v) is 11.5. The lowest BCUT2D eigenvalue weighted by Crippen LogP contribution is -2.59. The zero-order valence-corrected chi connectivity index (χ0v) is 46.9. The van der Waals surface area contributed by atoms with Crippen molar-refractivity contribution in [3.63, 3.8) is 0 Å². The van der Waals surface area contributed by atoms with E-state index in [0.717, 1.165) is 60.8 Å². The van der Waals surface area contributed by atoms with Crippen LogP contribution in [0.15, 0.2) is 109 Å². The fraction of sp³-hybridized carbons (Fsp3) is 0.476. The third-order valence-corrected chi connectivity index (χ3v) is 16.4. The molecule has 8 rings (SSSR count). The van der Waals surface area contributed by atoms with Gasteiger partial charge in [-0.1, -0.05) is 106 Å². The number of ether oxygens (including phenoxy) is 1. The van der Waals surface area contributed by atoms with Crippen molar-refractivity contribution in [2.45, 2.75) is 154 Å². The number of benzene rings is 4. The van der Waals surface area contributed by atoms with Crippen molar-refractivity contribution in [3.8, 4) is 5.75 Å². The van der Waals surface area contributed by atoms with Crippen LogP contribution in [0.25, 0.3) is 0 Å². The lowest BCUT2D eigenvalue weighted by Gasteiger charge is -2.36. The van der Waals surface area contributed by atoms with E-state index in [1.807, 2.05) is 99.7 Å². The van der Waals surface area contributed by atoms with Crippen molar-refractivity contribution in [2.24, 2.45) is 17.3 Å². The Hall–Kier alpha value is -7.17. The second-order valence-corrected chi connectivity index (χ2v) is 23.0. The normalized spacial score (nSPS) is 22.1. The summed E-state index contributed by atoms with van der Waals surface area (Å²) in [7, 11) is 3.36. The third-order valence-electron chi connectivity index (χ3n) is 16.4. The molecule has 1 saturated heterocycles. The van der Waals surface area contributed by atoms with E-state index in [2.05, 4.69) is 55.4 Å². The number of nitrogens with one attached hydrogen (secondary N) is 7. The van der Waals surface area contributed by atoms with Crippen LogP contribution in [-0.4, -0.2) is 103 Å². The summed E-state index contributed by atoms with van der Waals surface area (Å²) in [5.41, 5.74) is 5.94. The van der Waals surface area contributed by atoms with Gasteiger partial charge >= 0.3 is 0 Å². The highest BCUT2D eigenvalue weighted by atomic mass is 16.5. The maximum Gasteiger partial charge on any atom is 0.251 e. The Morgan fingerprint density at radius 2 is 1.19 bits per heavy atom. The van der Waals surface area contributed by atoms with Gasteiger partial charge in [0.25, 0.3) is 5.91 Å². The second-order valence-electron chi connectivity index (χ2n) is 23.0. The Kier molecular flexibility index (Phi) is 19.2. The summed E-state index contributed by atoms with van der Waals surface area (Å²) < 4.78 is 6.16. The van der Waals surface area contributed by atoms with Gasteiger partial charge < -0.3 is 46.9 Å². The number of amides is 6. The van der Waals surface area contributed by atoms with Crippen molar-refractivity contribution >= 4 is 41.2 Å². The fourth-order valence-electron chi connectivity index (χ4n) is 11.5. The molecule has 1 fully saturated rings. The number of likely N-dealkylation sites (N-methyl/N-ethyl adjacent to an activating group) is 2. The third kappa shape index (κ3) is 14.4. The van der Waals surface area contributed by atoms with Gasteiger partial charge in [-0.3, -0.25) is 33.6 Å². The number of fused-ring (bicyclic) bond motifs is 2. The minimum atomic E-state index is -0.941. The molecule has 4 aromatic carbocycles. The molecule has 16 heteroatoms. The molecule has 3 aliphatic carbocycles. The van der Waals surface area contributed by atoms with E-state index in [-0.39, 0.29) is 73.4 Å². The lowest BCUT2D eigenvalue weighted by molar-refractivity contribution is -0.144. The van der Waals surface area contributed by atoms with E-state index in [0.29, 0.717) is 24.2 Å². The summed E-state index contributed by atoms with van der Waals surface area (Å²) in [6.07, 6.45) is 10.6. The maximum absolute atomic E-state index is 14.6. The molecule has 0 spiro atoms. The predicted octanol–water partition coefficient (Wildman–Crippen LogP) is 6.28. The molecule has 7 N–H and O–H groups in total. The number of allylic oxidation sites excluding steroid dienone is 2. The average Bonchev–Trinajstić information content (AvgIpc) is 4.06. The Labute approximate surface area is 465 Å². The number of carbonyl (C=O) groups is 7. The van der Waals surface area contributed by atoms with Crippen LogP contribution in [0.4, 0.5) is 0 Å². The summed E-state index contributed by atoms with van der Waals surface area (Å²) in [6.45, 7) is 9.34. The number of Topliss-reactive ketones (excluding diaryl/α,β-unsaturated/α-hetero) is 1. The summed E-state index contributed by atoms with van der Waals surface area (Å²) in [4.78, 5) is 99.4. The predicted molar refractivity (Wildman–Crippen MR) is 304 cm³/mol. The molecular formula is C63H80N8O8. The van der Waals surface area contributed by atoms with E-state index >= 15 is 0 Å². The van der Waals surface area contributed by atoms with Gasteiger partial charge in [0.15, 0.2) is 5.78 Å². The van der Waals surface area contributed by atoms with E-state index in [9.17, 15) is 33.6 Å². The molecule has 1 heterocycles. The zero-order valence-electron chi connectivity index (χ0n) is 46.9. The van der Waals surface area contributed by atoms with Crippen LogP contribution in [0.2, 0.25) is 0 Å². The van der Waals surface area contributed by atoms with Gasteiger partial charge in [-0.05, 0) is 155 Å². The first-order valence-electron chi connectivity index (χ1n) is 28.2. The zero-order chi connectivity index (χ0) is 56.4. The topological polar surface area (TPSA) is 216 Å². The van der Waals surface area contributed by atoms with Crippen LogP contribution in [0.1, 0.15) is 135 Å². The van der Waals surface area contributed by atoms with Gasteiger partial charge in [0.1, 0.15) is 24.4 Å². The van der Waals surface area contributed by atoms with Crippen molar-refractivity contribution in [3.05, 3.63) is 148 Å². The first kappa shape index (κ1) is 58.0. The number of hydrogen-bond acceptors (Lipinski definition) is 10. The highest BCUT2D eigenvalue weighted by molar-refractivity contribution is 5.97. The number of carbonyl (C=O) groups excluding carboxylic acids is 7. The van der Waals surface area contributed by atoms with Crippen LogP contribution in [-0.2, 0) is 54.6 Å². The number of likely N-dealkylation sites (tertiary alicyclic amines) is 1. The number of aryl methyl sites for hydroxylation is 2. The molecule has 79 heavy (non-hydrogen) atoms. The largest absolute Gasteiger partial charge is 0.489 e. The number of nitrogens with zero attached hydrogens (tertiary/aromatic N) is 1. The van der Waals surface area contributed by atoms with Crippen molar-refractivity contribution in [1.29, 1.82) is 0 Å². The first-order chi connectivity index (χ1) is 37.9. The van der Waals surface area contributed by atoms with E-state index in [1.54, 1.807) is 40.1 Å². The van der Waals surface area contributed by atoms with Gasteiger partial charge in [-0.25, -0.2) is 0 Å². The molecule has 0 bridgehead atoms. The minimum absolute atomic E-state index is 0.0770. The molecule has 6 amide bonds. The summed E-state index contributed by atoms with van der Waals surface area (Å²) >= 11 is 0. The number of ketones is 1. The van der Waals surface area contributed by atoms with Crippen LogP contribution < -0.4 is 42.0 Å². The summed E-state index contributed by atoms with van der Waals surface area (Å²) in [5.74, 6) is -2.62. The minimum Gasteiger partial charge on any atom is -0.489 e. The van der Waals surface area contributed by atoms with E-state index in [1.165, 1.54) is 16.0 Å². The van der Waals surface area contributed by atoms with Crippen molar-refractivity contribution in [2.75, 3.05) is 20.6 Å². The lowest BCUT2D eigenvalue weighted by atomic mass is 9.76. The van der Waals surface area contributed by atoms with Crippen molar-refractivity contribution < 1.29 is 38.3 Å². The summed E-state index contributed by atoms with van der Waals surface area (Å²) in [6, 6.07) is 26.0. The molecule has 0 saturated carbocycles. The van der Waals surface area contributed by atoms with E-state index < -0.39 is 59.4 Å². The Bertz CT molecular complexity index is 2860. The molecule has 0 aromatic heterocycles. The summed E-state index contributed by atoms with van der Waals surface area (Å²) in [5, 5.41) is 21.4. The van der Waals surface area contributed by atoms with Crippen LogP contribution in [0, 0.1) is 17.3 Å². The van der Waals surface area contributed by atoms with Crippen LogP contribution >= 0.6 is 0 Å². The quantitative estimate of drug-likeness (QED) is 0.0492. The van der Waals surface area contributed by atoms with Crippen LogP contribution in [0.5, 0.6) is 5.75 Å². The average molecular weight is 1080 g/mol. The van der Waals surface area contributed by atoms with Gasteiger partial charge in [-0.2, -0.15) is 0 Å². The first-order valence-corrected chi connectivity index (χ1v) is 28.2. The Morgan fingerprint density at radius 3 is 1.77 bits per heavy atom. The highest BCUT2D eigenvalue weighted by Crippen LogP contribution is 2.35. The maximum atomic E-state index is 14.6. The monoisotopic (exact) mass is 1080 g/mol. The molecule has 4 unspecified atom stereocenters. The van der Waals surface area contributed by atoms with Crippen molar-refractivity contribution in [1.82, 2.24) is 42.1 Å². The van der Waals surface area contributed by atoms with Gasteiger partial charge in [0, 0.05) is 24.1 Å². The number of hydrogen-bond donors (Lipinski definition) is 7. The molecule has 16 nitrogen and oxygen atoms in total. The Morgan fingerprint density at radius 1 is 0.646 bits per heavy atom. The van der Waals surface area contributed by atoms with Gasteiger partial charge in [-0.15, -0.1) is 0 Å². The second kappa shape index (κ2) is 26.2. The molecule has 0 radical (unpaired) electrons. The molecule has 10 atom stereocenters. The van der Waals surface area contributed by atoms with Gasteiger partial charge in [0.05, 0.1) is 36.1 Å². The molecular weight excluding hydrogens is 997 g/mol. The molecule has 4 aromatic rings. The number of rotatable bonds is 20. The van der Waals surface area contributed by atoms with E-state index in [4.69, 9.17) is 4.74 Å². The Balaban J connectivity index is 0.893. The van der Waals surface area contributed by atoms with Gasteiger partial charge in [0.2, 0.25) is 29.5 Å². The molecule has 420 valence electrons. The smallest absolute Gasteiger partial charge is 0.251 e. The molecule has 1 aliphatic heterocycles. The van der Waals surface area contributed by atoms with Crippen LogP contribution in [0.3, 0.4) is 0 Å². The standard InChI is InChI=1S/C63H80N8O8/c1-38(64-6)57(73)69-53(55(72)49-22-12-13-23-50(49)60(76)67-51-24-14-18-42-16-8-10-20-47(42)51)34-40-28-32-46(33-29-40)79-37-41-26-30-44(31-27-41)59(75)66-45-35-54(61(77)68-52-25-15-19-43-17-9-11-21-48(43)52)71(36-45)62(78)56(63(3,4)5)70-58(74)39(2)65-7/h8-13,16-17,20-21,26-33,38-39,45,49-54,56,64-65H,14-15,18-19,22-25,34-37H2,1-7H3,(H,66,75)(H,67,76)(H,68,77)(H,69,73)(H,70,74)/t38-,39-,45-,49?,50-,51?,52+,53?,54?,56+/m0/s1. The SMILES string of the molecule is CN[C@@H](C)C(=O)NC(Cc1ccc(OCc2ccc(C(=O)N[C@H]3CC(C(=O)N[C@@H]4CCCc5ccccc54)N(C(=O)[C@@H](NC(=O)[C@H](C)NC)C(C)(C)C)C3)cc2)cc1)C(=O)C1CC=CC[C@@H]1C(=O)NC1CCCc2ccccc21. The molecule has 4 aliphatic rings. The highest BCUT2D eigenvalue weighted by Gasteiger charge is 2.46.